The van der Waals surface area contributed by atoms with Crippen molar-refractivity contribution in [3.63, 3.8) is 0 Å². The summed E-state index contributed by atoms with van der Waals surface area (Å²) < 4.78 is 18.6. The Kier molecular flexibility index (Phi) is 3.85. The van der Waals surface area contributed by atoms with E-state index in [2.05, 4.69) is 10.2 Å². The maximum absolute atomic E-state index is 13.4. The predicted molar refractivity (Wildman–Crippen MR) is 78.6 cm³/mol. The molecule has 1 aliphatic carbocycles. The Morgan fingerprint density at radius 3 is 3.00 bits per heavy atom. The second-order valence-corrected chi connectivity index (χ2v) is 5.89. The van der Waals surface area contributed by atoms with Gasteiger partial charge in [0, 0.05) is 24.8 Å². The quantitative estimate of drug-likeness (QED) is 0.846. The minimum Gasteiger partial charge on any atom is -0.464 e. The smallest absolute Gasteiger partial charge is 0.333 e. The molecule has 3 rings (SSSR count). The molecule has 0 amide bonds. The molecule has 0 aromatic heterocycles. The van der Waals surface area contributed by atoms with Crippen LogP contribution in [0.4, 0.5) is 10.1 Å². The monoisotopic (exact) mass is 292 g/mol. The number of carbonyl (C=O) groups excluding carboxylic acids is 1. The number of anilines is 1. The van der Waals surface area contributed by atoms with E-state index in [1.807, 2.05) is 0 Å². The van der Waals surface area contributed by atoms with E-state index in [0.717, 1.165) is 6.54 Å². The Hall–Kier alpha value is -1.62. The molecule has 1 saturated carbocycles. The Bertz CT molecular complexity index is 533. The molecule has 1 N–H and O–H groups in total. The number of hydrogen-bond donors (Lipinski definition) is 1. The maximum Gasteiger partial charge on any atom is 0.333 e. The van der Waals surface area contributed by atoms with Gasteiger partial charge in [-0.15, -0.1) is 0 Å². The lowest BCUT2D eigenvalue weighted by Gasteiger charge is -2.29. The van der Waals surface area contributed by atoms with E-state index in [9.17, 15) is 9.18 Å². The molecule has 1 heterocycles. The molecule has 4 nitrogen and oxygen atoms in total. The van der Waals surface area contributed by atoms with Crippen molar-refractivity contribution in [3.05, 3.63) is 30.1 Å². The van der Waals surface area contributed by atoms with E-state index in [1.54, 1.807) is 19.1 Å². The minimum atomic E-state index is -0.758. The fraction of sp³-hybridized carbons (Fsp3) is 0.562. The van der Waals surface area contributed by atoms with E-state index in [1.165, 1.54) is 25.0 Å². The van der Waals surface area contributed by atoms with Gasteiger partial charge in [-0.25, -0.2) is 9.18 Å². The molecular formula is C16H21FN2O2. The summed E-state index contributed by atoms with van der Waals surface area (Å²) >= 11 is 0. The third-order valence-corrected chi connectivity index (χ3v) is 4.24. The van der Waals surface area contributed by atoms with E-state index in [4.69, 9.17) is 4.74 Å². The summed E-state index contributed by atoms with van der Waals surface area (Å²) in [5.41, 5.74) is -0.132. The third kappa shape index (κ3) is 3.02. The number of esters is 1. The first-order valence-electron chi connectivity index (χ1n) is 7.58. The second-order valence-electron chi connectivity index (χ2n) is 5.89. The van der Waals surface area contributed by atoms with Crippen molar-refractivity contribution in [2.75, 3.05) is 25.0 Å². The average Bonchev–Trinajstić information content (AvgIpc) is 3.21. The summed E-state index contributed by atoms with van der Waals surface area (Å²) in [6, 6.07) is 6.85. The highest BCUT2D eigenvalue weighted by molar-refractivity contribution is 5.85. The van der Waals surface area contributed by atoms with Gasteiger partial charge in [0.1, 0.15) is 11.4 Å². The third-order valence-electron chi connectivity index (χ3n) is 4.24. The van der Waals surface area contributed by atoms with Crippen LogP contribution in [0.15, 0.2) is 24.3 Å². The number of nitrogens with one attached hydrogen (secondary N) is 1. The van der Waals surface area contributed by atoms with Crippen LogP contribution in [0.2, 0.25) is 0 Å². The van der Waals surface area contributed by atoms with Crippen molar-refractivity contribution in [1.29, 1.82) is 0 Å². The van der Waals surface area contributed by atoms with Gasteiger partial charge in [0.05, 0.1) is 6.61 Å². The first-order valence-corrected chi connectivity index (χ1v) is 7.58. The van der Waals surface area contributed by atoms with E-state index in [0.29, 0.717) is 31.3 Å². The van der Waals surface area contributed by atoms with Gasteiger partial charge in [-0.05, 0) is 44.4 Å². The van der Waals surface area contributed by atoms with Crippen molar-refractivity contribution in [2.45, 2.75) is 37.8 Å². The highest BCUT2D eigenvalue weighted by atomic mass is 19.1. The number of halogens is 1. The molecule has 21 heavy (non-hydrogen) atoms. The molecule has 1 aromatic carbocycles. The number of rotatable bonds is 5. The number of nitrogens with zero attached hydrogens (tertiary/aromatic N) is 1. The molecule has 0 spiro atoms. The van der Waals surface area contributed by atoms with Crippen LogP contribution in [-0.4, -0.2) is 42.1 Å². The van der Waals surface area contributed by atoms with Crippen LogP contribution in [0.1, 0.15) is 26.2 Å². The van der Waals surface area contributed by atoms with Crippen molar-refractivity contribution in [3.8, 4) is 0 Å². The molecule has 1 atom stereocenters. The lowest BCUT2D eigenvalue weighted by molar-refractivity contribution is -0.148. The summed E-state index contributed by atoms with van der Waals surface area (Å²) in [5, 5.41) is 3.24. The molecule has 1 unspecified atom stereocenters. The van der Waals surface area contributed by atoms with Gasteiger partial charge in [-0.3, -0.25) is 4.90 Å². The van der Waals surface area contributed by atoms with Crippen LogP contribution in [0.5, 0.6) is 0 Å². The van der Waals surface area contributed by atoms with E-state index < -0.39 is 5.54 Å². The number of likely N-dealkylation sites (tertiary alicyclic amines) is 1. The molecule has 5 heteroatoms. The SMILES string of the molecule is CCOC(=O)C1(Nc2cccc(F)c2)CCN(C2CC2)C1. The second kappa shape index (κ2) is 5.64. The van der Waals surface area contributed by atoms with Crippen LogP contribution in [-0.2, 0) is 9.53 Å². The maximum atomic E-state index is 13.4. The fourth-order valence-corrected chi connectivity index (χ4v) is 3.02. The zero-order valence-corrected chi connectivity index (χ0v) is 12.3. The van der Waals surface area contributed by atoms with Gasteiger partial charge in [0.15, 0.2) is 0 Å². The number of ether oxygens (including phenoxy) is 1. The average molecular weight is 292 g/mol. The Balaban J connectivity index is 1.80. The Labute approximate surface area is 124 Å². The number of carbonyl (C=O) groups is 1. The highest BCUT2D eigenvalue weighted by Crippen LogP contribution is 2.35. The summed E-state index contributed by atoms with van der Waals surface area (Å²) in [4.78, 5) is 14.8. The van der Waals surface area contributed by atoms with Crippen LogP contribution >= 0.6 is 0 Å². The van der Waals surface area contributed by atoms with E-state index in [-0.39, 0.29) is 11.8 Å². The molecule has 1 aliphatic heterocycles. The molecule has 1 aromatic rings. The van der Waals surface area contributed by atoms with Gasteiger partial charge in [-0.1, -0.05) is 6.07 Å². The zero-order chi connectivity index (χ0) is 14.9. The first kappa shape index (κ1) is 14.3. The number of hydrogen-bond acceptors (Lipinski definition) is 4. The molecule has 0 bridgehead atoms. The van der Waals surface area contributed by atoms with Crippen molar-refractivity contribution >= 4 is 11.7 Å². The topological polar surface area (TPSA) is 41.6 Å². The van der Waals surface area contributed by atoms with Crippen LogP contribution in [0.3, 0.4) is 0 Å². The first-order chi connectivity index (χ1) is 10.1. The minimum absolute atomic E-state index is 0.239. The highest BCUT2D eigenvalue weighted by Gasteiger charge is 2.49. The molecule has 1 saturated heterocycles. The standard InChI is InChI=1S/C16H21FN2O2/c1-2-21-15(20)16(8-9-19(11-16)14-6-7-14)18-13-5-3-4-12(17)10-13/h3-5,10,14,18H,2,6-9,11H2,1H3. The van der Waals surface area contributed by atoms with Crippen LogP contribution < -0.4 is 5.32 Å². The molecule has 2 fully saturated rings. The Morgan fingerprint density at radius 1 is 1.52 bits per heavy atom. The van der Waals surface area contributed by atoms with Gasteiger partial charge in [0.2, 0.25) is 0 Å². The molecular weight excluding hydrogens is 271 g/mol. The van der Waals surface area contributed by atoms with Gasteiger partial charge in [-0.2, -0.15) is 0 Å². The largest absolute Gasteiger partial charge is 0.464 e. The predicted octanol–water partition coefficient (Wildman–Crippen LogP) is 2.41. The molecule has 0 radical (unpaired) electrons. The van der Waals surface area contributed by atoms with Crippen molar-refractivity contribution < 1.29 is 13.9 Å². The summed E-state index contributed by atoms with van der Waals surface area (Å²) in [6.07, 6.45) is 3.11. The zero-order valence-electron chi connectivity index (χ0n) is 12.3. The summed E-state index contributed by atoms with van der Waals surface area (Å²) in [6.45, 7) is 3.68. The van der Waals surface area contributed by atoms with Crippen molar-refractivity contribution in [1.82, 2.24) is 4.90 Å². The fourth-order valence-electron chi connectivity index (χ4n) is 3.02. The van der Waals surface area contributed by atoms with Gasteiger partial charge >= 0.3 is 5.97 Å². The number of benzene rings is 1. The lowest BCUT2D eigenvalue weighted by Crippen LogP contribution is -2.50. The van der Waals surface area contributed by atoms with Gasteiger partial charge < -0.3 is 10.1 Å². The van der Waals surface area contributed by atoms with Crippen LogP contribution in [0, 0.1) is 5.82 Å². The lowest BCUT2D eigenvalue weighted by atomic mass is 9.98. The Morgan fingerprint density at radius 2 is 2.33 bits per heavy atom. The normalized spacial score (nSPS) is 25.8. The van der Waals surface area contributed by atoms with Crippen LogP contribution in [0.25, 0.3) is 0 Å². The summed E-state index contributed by atoms with van der Waals surface area (Å²) in [5.74, 6) is -0.548. The van der Waals surface area contributed by atoms with E-state index >= 15 is 0 Å². The molecule has 114 valence electrons. The summed E-state index contributed by atoms with van der Waals surface area (Å²) in [7, 11) is 0. The van der Waals surface area contributed by atoms with Crippen molar-refractivity contribution in [2.24, 2.45) is 0 Å². The van der Waals surface area contributed by atoms with Gasteiger partial charge in [0.25, 0.3) is 0 Å². The molecule has 2 aliphatic rings.